The van der Waals surface area contributed by atoms with Gasteiger partial charge in [0.05, 0.1) is 5.56 Å². The van der Waals surface area contributed by atoms with E-state index in [1.54, 1.807) is 22.6 Å². The van der Waals surface area contributed by atoms with Gasteiger partial charge in [-0.2, -0.15) is 0 Å². The Bertz CT molecular complexity index is 385. The summed E-state index contributed by atoms with van der Waals surface area (Å²) in [6.07, 6.45) is -2.33. The van der Waals surface area contributed by atoms with E-state index in [-0.39, 0.29) is 3.70 Å². The highest BCUT2D eigenvalue weighted by atomic mass is 127. The number of pyridine rings is 1. The Morgan fingerprint density at radius 1 is 1.57 bits per heavy atom. The number of nitrogens with zero attached hydrogens (tertiary/aromatic N) is 1. The number of carbonyl (C=O) groups is 1. The average Bonchev–Trinajstić information content (AvgIpc) is 2.02. The molecular weight excluding hydrogens is 333 g/mol. The molecule has 1 heterocycles. The van der Waals surface area contributed by atoms with Crippen molar-refractivity contribution in [2.75, 3.05) is 0 Å². The van der Waals surface area contributed by atoms with Crippen molar-refractivity contribution in [1.29, 1.82) is 0 Å². The van der Waals surface area contributed by atoms with Gasteiger partial charge in [-0.05, 0) is 34.2 Å². The van der Waals surface area contributed by atoms with E-state index in [4.69, 9.17) is 11.6 Å². The number of rotatable bonds is 2. The fourth-order valence-corrected chi connectivity index (χ4v) is 1.75. The lowest BCUT2D eigenvalue weighted by Gasteiger charge is -2.05. The fraction of sp³-hybridized carbons (Fsp3) is 0.143. The van der Waals surface area contributed by atoms with Crippen LogP contribution in [0.25, 0.3) is 0 Å². The Morgan fingerprint density at radius 2 is 2.14 bits per heavy atom. The molecule has 1 rings (SSSR count). The first kappa shape index (κ1) is 11.7. The molecule has 0 bridgehead atoms. The van der Waals surface area contributed by atoms with E-state index in [2.05, 4.69) is 4.98 Å². The topological polar surface area (TPSA) is 30.0 Å². The lowest BCUT2D eigenvalue weighted by atomic mass is 10.2. The number of hydrogen-bond acceptors (Lipinski definition) is 2. The second-order valence-corrected chi connectivity index (χ2v) is 3.63. The number of alkyl halides is 2. The summed E-state index contributed by atoms with van der Waals surface area (Å²) in [5.74, 6) is -1.31. The van der Waals surface area contributed by atoms with Crippen LogP contribution in [-0.2, 0) is 0 Å². The summed E-state index contributed by atoms with van der Waals surface area (Å²) in [6, 6.07) is 0. The molecule has 0 saturated carbocycles. The molecule has 0 aliphatic carbocycles. The maximum Gasteiger partial charge on any atom is 0.268 e. The Balaban J connectivity index is 3.41. The number of aromatic nitrogens is 1. The summed E-state index contributed by atoms with van der Waals surface area (Å²) in [5, 5.41) is -1.14. The molecule has 0 spiro atoms. The van der Waals surface area contributed by atoms with Crippen molar-refractivity contribution in [3.63, 3.8) is 0 Å². The van der Waals surface area contributed by atoms with Crippen LogP contribution in [0.4, 0.5) is 13.2 Å². The van der Waals surface area contributed by atoms with Crippen LogP contribution in [-0.4, -0.2) is 10.2 Å². The minimum atomic E-state index is -3.02. The molecule has 0 amide bonds. The van der Waals surface area contributed by atoms with Crippen molar-refractivity contribution in [2.24, 2.45) is 0 Å². The Kier molecular flexibility index (Phi) is 3.71. The summed E-state index contributed by atoms with van der Waals surface area (Å²) in [4.78, 5) is 14.1. The Hall–Kier alpha value is -0.370. The normalized spacial score (nSPS) is 10.7. The molecule has 0 unspecified atom stereocenters. The van der Waals surface area contributed by atoms with Gasteiger partial charge in [0.25, 0.3) is 11.7 Å². The second kappa shape index (κ2) is 4.43. The highest BCUT2D eigenvalue weighted by molar-refractivity contribution is 14.1. The predicted molar refractivity (Wildman–Crippen MR) is 52.1 cm³/mol. The van der Waals surface area contributed by atoms with Gasteiger partial charge in [0.1, 0.15) is 15.1 Å². The first-order valence-corrected chi connectivity index (χ1v) is 4.72. The van der Waals surface area contributed by atoms with Gasteiger partial charge in [-0.3, -0.25) is 4.79 Å². The zero-order valence-electron chi connectivity index (χ0n) is 6.40. The smallest absolute Gasteiger partial charge is 0.268 e. The fourth-order valence-electron chi connectivity index (χ4n) is 0.802. The summed E-state index contributed by atoms with van der Waals surface area (Å²) in [6.45, 7) is 0. The maximum atomic E-state index is 13.2. The van der Waals surface area contributed by atoms with Gasteiger partial charge < -0.3 is 0 Å². The molecular formula is C7H2ClF3INO. The van der Waals surface area contributed by atoms with Crippen molar-refractivity contribution >= 4 is 39.4 Å². The molecule has 0 aromatic carbocycles. The van der Waals surface area contributed by atoms with E-state index in [0.717, 1.165) is 0 Å². The number of carbonyl (C=O) groups excluding carboxylic acids is 1. The number of halogens is 5. The molecule has 1 aromatic heterocycles. The van der Waals surface area contributed by atoms with Crippen LogP contribution < -0.4 is 0 Å². The van der Waals surface area contributed by atoms with Gasteiger partial charge in [0, 0.05) is 6.20 Å². The second-order valence-electron chi connectivity index (χ2n) is 2.27. The lowest BCUT2D eigenvalue weighted by molar-refractivity contribution is 0.107. The van der Waals surface area contributed by atoms with E-state index in [1.807, 2.05) is 0 Å². The zero-order valence-corrected chi connectivity index (χ0v) is 9.31. The van der Waals surface area contributed by atoms with Crippen LogP contribution >= 0.6 is 34.2 Å². The van der Waals surface area contributed by atoms with E-state index in [1.165, 1.54) is 0 Å². The first-order valence-electron chi connectivity index (χ1n) is 3.27. The molecule has 0 saturated heterocycles. The van der Waals surface area contributed by atoms with Gasteiger partial charge in [-0.15, -0.1) is 0 Å². The third kappa shape index (κ3) is 2.17. The third-order valence-electron chi connectivity index (χ3n) is 1.43. The zero-order chi connectivity index (χ0) is 10.9. The standard InChI is InChI=1S/C7H2ClF3INO/c8-5(14)3-4(9)2(6(10)11)1-13-7(3)12/h1,6H. The largest absolute Gasteiger partial charge is 0.275 e. The van der Waals surface area contributed by atoms with Gasteiger partial charge in [0.2, 0.25) is 0 Å². The molecule has 0 aliphatic heterocycles. The van der Waals surface area contributed by atoms with E-state index in [9.17, 15) is 18.0 Å². The van der Waals surface area contributed by atoms with Crippen molar-refractivity contribution < 1.29 is 18.0 Å². The summed E-state index contributed by atoms with van der Waals surface area (Å²) in [7, 11) is 0. The van der Waals surface area contributed by atoms with Crippen molar-refractivity contribution in [1.82, 2.24) is 4.98 Å². The van der Waals surface area contributed by atoms with Crippen LogP contribution in [0, 0.1) is 9.52 Å². The first-order chi connectivity index (χ1) is 6.45. The molecule has 0 fully saturated rings. The van der Waals surface area contributed by atoms with E-state index >= 15 is 0 Å². The summed E-state index contributed by atoms with van der Waals surface area (Å²) in [5.41, 5.74) is -1.53. The van der Waals surface area contributed by atoms with E-state index in [0.29, 0.717) is 6.20 Å². The van der Waals surface area contributed by atoms with Gasteiger partial charge in [0.15, 0.2) is 0 Å². The molecule has 0 radical (unpaired) electrons. The van der Waals surface area contributed by atoms with Crippen LogP contribution in [0.1, 0.15) is 22.3 Å². The Morgan fingerprint density at radius 3 is 2.57 bits per heavy atom. The molecule has 14 heavy (non-hydrogen) atoms. The molecule has 0 aliphatic rings. The molecule has 0 N–H and O–H groups in total. The van der Waals surface area contributed by atoms with Crippen LogP contribution in [0.2, 0.25) is 0 Å². The number of hydrogen-bond donors (Lipinski definition) is 0. The van der Waals surface area contributed by atoms with E-state index < -0.39 is 28.6 Å². The van der Waals surface area contributed by atoms with Crippen LogP contribution in [0.15, 0.2) is 6.20 Å². The van der Waals surface area contributed by atoms with Gasteiger partial charge >= 0.3 is 0 Å². The summed E-state index contributed by atoms with van der Waals surface area (Å²) >= 11 is 6.56. The monoisotopic (exact) mass is 335 g/mol. The van der Waals surface area contributed by atoms with Crippen LogP contribution in [0.5, 0.6) is 0 Å². The predicted octanol–water partition coefficient (Wildman–Crippen LogP) is 3.14. The van der Waals surface area contributed by atoms with Crippen molar-refractivity contribution in [2.45, 2.75) is 6.43 Å². The van der Waals surface area contributed by atoms with Crippen molar-refractivity contribution in [3.05, 3.63) is 26.8 Å². The molecule has 7 heteroatoms. The lowest BCUT2D eigenvalue weighted by Crippen LogP contribution is -2.05. The third-order valence-corrected chi connectivity index (χ3v) is 2.43. The highest BCUT2D eigenvalue weighted by Gasteiger charge is 2.22. The quantitative estimate of drug-likeness (QED) is 0.472. The Labute approximate surface area is 95.6 Å². The minimum absolute atomic E-state index is 0.0375. The van der Waals surface area contributed by atoms with Gasteiger partial charge in [-0.1, -0.05) is 0 Å². The van der Waals surface area contributed by atoms with Gasteiger partial charge in [-0.25, -0.2) is 18.2 Å². The highest BCUT2D eigenvalue weighted by Crippen LogP contribution is 2.26. The molecule has 1 aromatic rings. The molecule has 0 atom stereocenters. The SMILES string of the molecule is O=C(Cl)c1c(I)ncc(C(F)F)c1F. The molecule has 76 valence electrons. The maximum absolute atomic E-state index is 13.2. The molecule has 2 nitrogen and oxygen atoms in total. The summed E-state index contributed by atoms with van der Waals surface area (Å²) < 4.78 is 37.5. The van der Waals surface area contributed by atoms with Crippen LogP contribution in [0.3, 0.4) is 0 Å². The average molecular weight is 335 g/mol. The minimum Gasteiger partial charge on any atom is -0.275 e. The van der Waals surface area contributed by atoms with Crippen molar-refractivity contribution in [3.8, 4) is 0 Å².